The second kappa shape index (κ2) is 8.81. The molecule has 0 saturated carbocycles. The van der Waals surface area contributed by atoms with Gasteiger partial charge in [-0.05, 0) is 73.8 Å². The van der Waals surface area contributed by atoms with Gasteiger partial charge in [-0.15, -0.1) is 0 Å². The van der Waals surface area contributed by atoms with E-state index in [1.165, 1.54) is 23.4 Å². The molecule has 5 rings (SSSR count). The van der Waals surface area contributed by atoms with Crippen molar-refractivity contribution in [2.75, 3.05) is 13.2 Å². The number of fused-ring (bicyclic) bond motifs is 2. The quantitative estimate of drug-likeness (QED) is 0.644. The normalized spacial score (nSPS) is 36.9. The van der Waals surface area contributed by atoms with Gasteiger partial charge in [0.15, 0.2) is 0 Å². The summed E-state index contributed by atoms with van der Waals surface area (Å²) in [5, 5.41) is 12.0. The largest absolute Gasteiger partial charge is 0.336 e. The van der Waals surface area contributed by atoms with Crippen molar-refractivity contribution < 1.29 is 14.3 Å². The topological polar surface area (TPSA) is 70.2 Å². The molecule has 2 aliphatic heterocycles. The first-order valence-corrected chi connectivity index (χ1v) is 12.7. The molecule has 4 aliphatic rings. The van der Waals surface area contributed by atoms with Crippen molar-refractivity contribution in [1.82, 2.24) is 20.4 Å². The number of H-pyrrole nitrogens is 1. The number of amides is 1. The zero-order valence-corrected chi connectivity index (χ0v) is 21.1. The molecule has 0 bridgehead atoms. The van der Waals surface area contributed by atoms with E-state index in [2.05, 4.69) is 48.3 Å². The summed E-state index contributed by atoms with van der Waals surface area (Å²) >= 11 is 0. The first kappa shape index (κ1) is 24.4. The molecule has 2 N–H and O–H groups in total. The van der Waals surface area contributed by atoms with Gasteiger partial charge in [0, 0.05) is 18.3 Å². The van der Waals surface area contributed by atoms with Crippen LogP contribution in [0.25, 0.3) is 0 Å². The van der Waals surface area contributed by atoms with Gasteiger partial charge in [0.05, 0.1) is 22.7 Å². The van der Waals surface area contributed by atoms with Crippen LogP contribution in [0.5, 0.6) is 0 Å². The Morgan fingerprint density at radius 1 is 1.21 bits per heavy atom. The van der Waals surface area contributed by atoms with E-state index in [-0.39, 0.29) is 24.1 Å². The van der Waals surface area contributed by atoms with Crippen LogP contribution in [-0.4, -0.2) is 46.2 Å². The molecule has 5 atom stereocenters. The minimum atomic E-state index is -0.751. The van der Waals surface area contributed by atoms with Crippen LogP contribution in [0, 0.1) is 16.7 Å². The molecule has 6 nitrogen and oxygen atoms in total. The molecule has 0 radical (unpaired) electrons. The van der Waals surface area contributed by atoms with E-state index in [9.17, 15) is 9.32 Å². The molecule has 4 unspecified atom stereocenters. The molecule has 2 aliphatic carbocycles. The molecule has 1 aromatic rings. The third-order valence-electron chi connectivity index (χ3n) is 8.38. The fourth-order valence-corrected chi connectivity index (χ4v) is 6.43. The number of nitrogens with one attached hydrogen (secondary N) is 2. The zero-order valence-electron chi connectivity index (χ0n) is 21.1. The maximum atomic E-state index is 12.9. The molecule has 0 aromatic carbocycles. The van der Waals surface area contributed by atoms with Crippen molar-refractivity contribution in [2.45, 2.75) is 97.7 Å². The summed E-state index contributed by atoms with van der Waals surface area (Å²) in [5.41, 5.74) is 3.31. The van der Waals surface area contributed by atoms with Gasteiger partial charge in [0.1, 0.15) is 6.61 Å². The van der Waals surface area contributed by atoms with Crippen LogP contribution in [0.3, 0.4) is 0 Å². The lowest BCUT2D eigenvalue weighted by Crippen LogP contribution is -2.47. The Labute approximate surface area is 197 Å². The Morgan fingerprint density at radius 2 is 1.97 bits per heavy atom. The van der Waals surface area contributed by atoms with E-state index in [0.29, 0.717) is 30.3 Å². The number of nitrogens with zero attached hydrogens (tertiary/aromatic N) is 2. The van der Waals surface area contributed by atoms with Gasteiger partial charge in [-0.1, -0.05) is 39.8 Å². The maximum absolute atomic E-state index is 12.9. The Hall–Kier alpha value is -1.73. The predicted octanol–water partition coefficient (Wildman–Crippen LogP) is 4.61. The minimum absolute atomic E-state index is 0.00277. The smallest absolute Gasteiger partial charge is 0.231 e. The van der Waals surface area contributed by atoms with Crippen LogP contribution in [0.1, 0.15) is 84.2 Å². The second-order valence-electron chi connectivity index (χ2n) is 11.6. The van der Waals surface area contributed by atoms with Crippen LogP contribution in [0.15, 0.2) is 12.2 Å². The molecular formula is C26H41FN4O2. The van der Waals surface area contributed by atoms with Crippen molar-refractivity contribution in [3.63, 3.8) is 0 Å². The molecule has 184 valence electrons. The summed E-state index contributed by atoms with van der Waals surface area (Å²) in [6, 6.07) is 0.364. The Balaban J connectivity index is 0.00000126. The van der Waals surface area contributed by atoms with Gasteiger partial charge in [0.2, 0.25) is 5.91 Å². The number of halogens is 1. The van der Waals surface area contributed by atoms with Crippen molar-refractivity contribution in [1.29, 1.82) is 0 Å². The number of hydrogen-bond donors (Lipinski definition) is 2. The fourth-order valence-electron chi connectivity index (χ4n) is 6.43. The number of aromatic amines is 1. The number of carbonyl (C=O) groups is 1. The molecule has 7 heteroatoms. The molecule has 0 spiro atoms. The average Bonchev–Trinajstić information content (AvgIpc) is 3.42. The van der Waals surface area contributed by atoms with Crippen LogP contribution < -0.4 is 5.32 Å². The van der Waals surface area contributed by atoms with E-state index in [1.54, 1.807) is 6.92 Å². The molecule has 3 heterocycles. The van der Waals surface area contributed by atoms with Crippen molar-refractivity contribution >= 4 is 5.91 Å². The van der Waals surface area contributed by atoms with E-state index < -0.39 is 5.41 Å². The summed E-state index contributed by atoms with van der Waals surface area (Å²) in [6.45, 7) is 13.2. The molecule has 2 saturated heterocycles. The highest BCUT2D eigenvalue weighted by Gasteiger charge is 2.50. The van der Waals surface area contributed by atoms with Gasteiger partial charge in [-0.3, -0.25) is 9.89 Å². The Kier molecular flexibility index (Phi) is 6.51. The Bertz CT molecular complexity index is 912. The van der Waals surface area contributed by atoms with Gasteiger partial charge < -0.3 is 10.2 Å². The number of hydrogen-bond acceptors (Lipinski definition) is 4. The number of rotatable bonds is 4. The lowest BCUT2D eigenvalue weighted by molar-refractivity contribution is -0.170. The SMILES string of the molecule is CC.CC1(C)CCc2c([C@@]3(C)CC4C=CC(N5CCC(C)(COF)C5=O)CC4N3)n[nH]c2C1. The lowest BCUT2D eigenvalue weighted by Gasteiger charge is -2.34. The minimum Gasteiger partial charge on any atom is -0.336 e. The standard InChI is InChI=1S/C24H35FN4O2.C2H6/c1-22(2)8-7-17-19(13-22)27-28-20(17)24(4)12-15-5-6-16(11-18(15)26-24)29-10-9-23(3,14-31-25)21(29)30;1-2/h5-6,15-16,18,26H,7-14H2,1-4H3,(H,27,28);1-2H3/t15?,16?,18?,23?,24-;/m1./s1. The Morgan fingerprint density at radius 3 is 2.70 bits per heavy atom. The van der Waals surface area contributed by atoms with Gasteiger partial charge >= 0.3 is 0 Å². The van der Waals surface area contributed by atoms with Crippen molar-refractivity contribution in [2.24, 2.45) is 16.7 Å². The summed E-state index contributed by atoms with van der Waals surface area (Å²) in [4.78, 5) is 18.7. The molecular weight excluding hydrogens is 419 g/mol. The van der Waals surface area contributed by atoms with E-state index in [1.807, 2.05) is 18.7 Å². The molecule has 1 amide bonds. The predicted molar refractivity (Wildman–Crippen MR) is 127 cm³/mol. The lowest BCUT2D eigenvalue weighted by atomic mass is 9.74. The zero-order chi connectivity index (χ0) is 24.0. The highest BCUT2D eigenvalue weighted by atomic mass is 19.3. The van der Waals surface area contributed by atoms with Crippen LogP contribution in [0.4, 0.5) is 4.53 Å². The molecule has 2 fully saturated rings. The summed E-state index contributed by atoms with van der Waals surface area (Å²) < 4.78 is 12.5. The van der Waals surface area contributed by atoms with Gasteiger partial charge in [-0.2, -0.15) is 10.0 Å². The highest BCUT2D eigenvalue weighted by Crippen LogP contribution is 2.45. The van der Waals surface area contributed by atoms with Gasteiger partial charge in [0.25, 0.3) is 0 Å². The van der Waals surface area contributed by atoms with Crippen molar-refractivity contribution in [3.05, 3.63) is 29.1 Å². The van der Waals surface area contributed by atoms with Crippen LogP contribution >= 0.6 is 0 Å². The summed E-state index contributed by atoms with van der Waals surface area (Å²) in [7, 11) is 0. The van der Waals surface area contributed by atoms with E-state index >= 15 is 0 Å². The van der Waals surface area contributed by atoms with E-state index in [4.69, 9.17) is 5.10 Å². The van der Waals surface area contributed by atoms with E-state index in [0.717, 1.165) is 25.7 Å². The maximum Gasteiger partial charge on any atom is 0.231 e. The summed E-state index contributed by atoms with van der Waals surface area (Å²) in [6.07, 6.45) is 10.3. The third kappa shape index (κ3) is 4.27. The second-order valence-corrected chi connectivity index (χ2v) is 11.6. The van der Waals surface area contributed by atoms with Crippen LogP contribution in [-0.2, 0) is 28.1 Å². The highest BCUT2D eigenvalue weighted by molar-refractivity contribution is 5.85. The molecule has 33 heavy (non-hydrogen) atoms. The molecule has 1 aromatic heterocycles. The monoisotopic (exact) mass is 460 g/mol. The van der Waals surface area contributed by atoms with Crippen molar-refractivity contribution in [3.8, 4) is 0 Å². The van der Waals surface area contributed by atoms with Crippen LogP contribution in [0.2, 0.25) is 0 Å². The first-order valence-electron chi connectivity index (χ1n) is 12.7. The van der Waals surface area contributed by atoms with Gasteiger partial charge in [-0.25, -0.2) is 0 Å². The number of carbonyl (C=O) groups excluding carboxylic acids is 1. The third-order valence-corrected chi connectivity index (χ3v) is 8.38. The fraction of sp³-hybridized carbons (Fsp3) is 0.769. The first-order chi connectivity index (χ1) is 15.6. The number of aromatic nitrogens is 2. The average molecular weight is 461 g/mol. The summed E-state index contributed by atoms with van der Waals surface area (Å²) in [5.74, 6) is 0.440. The number of likely N-dealkylation sites (tertiary alicyclic amines) is 1.